The molecule has 1 aliphatic heterocycles. The lowest BCUT2D eigenvalue weighted by atomic mass is 10.0. The number of carbonyl (C=O) groups excluding carboxylic acids is 1. The Labute approximate surface area is 163 Å². The van der Waals surface area contributed by atoms with Gasteiger partial charge < -0.3 is 10.1 Å². The number of thioether (sulfide) groups is 1. The molecule has 0 radical (unpaired) electrons. The molecule has 0 saturated carbocycles. The van der Waals surface area contributed by atoms with Crippen LogP contribution in [-0.2, 0) is 0 Å². The summed E-state index contributed by atoms with van der Waals surface area (Å²) < 4.78 is 5.26. The highest BCUT2D eigenvalue weighted by Gasteiger charge is 2.33. The maximum absolute atomic E-state index is 13.3. The molecule has 1 heterocycles. The lowest BCUT2D eigenvalue weighted by molar-refractivity contribution is 0.0975. The van der Waals surface area contributed by atoms with Crippen molar-refractivity contribution < 1.29 is 9.53 Å². The molecule has 1 aliphatic rings. The van der Waals surface area contributed by atoms with Gasteiger partial charge in [0.25, 0.3) is 5.91 Å². The van der Waals surface area contributed by atoms with E-state index in [1.165, 1.54) is 4.90 Å². The molecule has 0 saturated heterocycles. The van der Waals surface area contributed by atoms with Crippen LogP contribution in [0.25, 0.3) is 0 Å². The number of hydrogen-bond donors (Lipinski definition) is 1. The zero-order valence-electron chi connectivity index (χ0n) is 15.2. The van der Waals surface area contributed by atoms with Crippen LogP contribution in [0.2, 0.25) is 0 Å². The number of para-hydroxylation sites is 1. The Kier molecular flexibility index (Phi) is 4.77. The van der Waals surface area contributed by atoms with Gasteiger partial charge in [-0.25, -0.2) is 0 Å². The number of fused-ring (bicyclic) bond motifs is 1. The zero-order chi connectivity index (χ0) is 18.8. The third-order valence-electron chi connectivity index (χ3n) is 4.71. The second-order valence-electron chi connectivity index (χ2n) is 6.24. The molecule has 3 aromatic carbocycles. The van der Waals surface area contributed by atoms with Crippen molar-refractivity contribution >= 4 is 29.0 Å². The average Bonchev–Trinajstić information content (AvgIpc) is 2.74. The van der Waals surface area contributed by atoms with E-state index in [1.807, 2.05) is 48.5 Å². The van der Waals surface area contributed by atoms with Gasteiger partial charge in [0.05, 0.1) is 12.7 Å². The molecule has 0 bridgehead atoms. The number of benzene rings is 3. The van der Waals surface area contributed by atoms with E-state index in [0.29, 0.717) is 5.56 Å². The Hall–Kier alpha value is -2.92. The molecule has 4 rings (SSSR count). The highest BCUT2D eigenvalue weighted by Crippen LogP contribution is 2.37. The maximum Gasteiger partial charge on any atom is 0.262 e. The third-order valence-corrected chi connectivity index (χ3v) is 5.45. The van der Waals surface area contributed by atoms with E-state index in [4.69, 9.17) is 4.74 Å². The Bertz CT molecular complexity index is 955. The monoisotopic (exact) mass is 376 g/mol. The molecule has 136 valence electrons. The molecule has 0 aliphatic carbocycles. The molecule has 0 fully saturated rings. The van der Waals surface area contributed by atoms with Gasteiger partial charge in [-0.05, 0) is 60.4 Å². The van der Waals surface area contributed by atoms with Crippen LogP contribution in [-0.4, -0.2) is 19.3 Å². The van der Waals surface area contributed by atoms with Crippen LogP contribution in [0, 0.1) is 0 Å². The first-order valence-electron chi connectivity index (χ1n) is 8.68. The number of hydrogen-bond acceptors (Lipinski definition) is 4. The van der Waals surface area contributed by atoms with E-state index in [9.17, 15) is 4.79 Å². The summed E-state index contributed by atoms with van der Waals surface area (Å²) in [5, 5.41) is 3.53. The second-order valence-corrected chi connectivity index (χ2v) is 7.12. The van der Waals surface area contributed by atoms with Gasteiger partial charge in [0.2, 0.25) is 0 Å². The zero-order valence-corrected chi connectivity index (χ0v) is 16.0. The standard InChI is InChI=1S/C22H20N2O2S/c1-26-17-11-9-16(10-12-17)24-21(15-7-13-18(27-2)14-8-15)23-20-6-4-3-5-19(20)22(24)25/h3-14,21,23H,1-2H3/t21-/m1/s1. The minimum absolute atomic E-state index is 0.0199. The molecule has 0 spiro atoms. The van der Waals surface area contributed by atoms with E-state index in [-0.39, 0.29) is 12.1 Å². The van der Waals surface area contributed by atoms with Crippen LogP contribution in [0.3, 0.4) is 0 Å². The van der Waals surface area contributed by atoms with Gasteiger partial charge in [0, 0.05) is 16.3 Å². The summed E-state index contributed by atoms with van der Waals surface area (Å²) in [5.41, 5.74) is 3.38. The van der Waals surface area contributed by atoms with Gasteiger partial charge in [-0.1, -0.05) is 24.3 Å². The van der Waals surface area contributed by atoms with E-state index < -0.39 is 0 Å². The quantitative estimate of drug-likeness (QED) is 0.637. The summed E-state index contributed by atoms with van der Waals surface area (Å²) in [6.07, 6.45) is 1.77. The van der Waals surface area contributed by atoms with Crippen molar-refractivity contribution in [2.24, 2.45) is 0 Å². The Balaban J connectivity index is 1.80. The highest BCUT2D eigenvalue weighted by molar-refractivity contribution is 7.98. The summed E-state index contributed by atoms with van der Waals surface area (Å²) >= 11 is 1.70. The number of anilines is 2. The fraction of sp³-hybridized carbons (Fsp3) is 0.136. The van der Waals surface area contributed by atoms with Crippen molar-refractivity contribution in [2.75, 3.05) is 23.6 Å². The first-order chi connectivity index (χ1) is 13.2. The van der Waals surface area contributed by atoms with E-state index in [1.54, 1.807) is 23.8 Å². The minimum atomic E-state index is -0.281. The minimum Gasteiger partial charge on any atom is -0.497 e. The molecule has 0 aromatic heterocycles. The Morgan fingerprint density at radius 1 is 0.963 bits per heavy atom. The Morgan fingerprint density at radius 2 is 1.67 bits per heavy atom. The fourth-order valence-electron chi connectivity index (χ4n) is 3.28. The van der Waals surface area contributed by atoms with Gasteiger partial charge >= 0.3 is 0 Å². The molecule has 5 heteroatoms. The third kappa shape index (κ3) is 3.26. The average molecular weight is 376 g/mol. The number of amides is 1. The normalized spacial score (nSPS) is 15.9. The van der Waals surface area contributed by atoms with Gasteiger partial charge in [-0.3, -0.25) is 9.69 Å². The molecular formula is C22H20N2O2S. The molecule has 1 amide bonds. The number of rotatable bonds is 4. The topological polar surface area (TPSA) is 41.6 Å². The van der Waals surface area contributed by atoms with Crippen LogP contribution in [0.15, 0.2) is 77.7 Å². The van der Waals surface area contributed by atoms with Crippen molar-refractivity contribution in [3.8, 4) is 5.75 Å². The van der Waals surface area contributed by atoms with Crippen molar-refractivity contribution in [3.05, 3.63) is 83.9 Å². The number of ether oxygens (including phenoxy) is 1. The smallest absolute Gasteiger partial charge is 0.262 e. The molecule has 3 aromatic rings. The number of carbonyl (C=O) groups is 1. The highest BCUT2D eigenvalue weighted by atomic mass is 32.2. The molecule has 1 N–H and O–H groups in total. The molecule has 1 atom stereocenters. The van der Waals surface area contributed by atoms with Gasteiger partial charge in [0.1, 0.15) is 11.9 Å². The second kappa shape index (κ2) is 7.37. The van der Waals surface area contributed by atoms with Crippen molar-refractivity contribution in [2.45, 2.75) is 11.1 Å². The van der Waals surface area contributed by atoms with E-state index in [0.717, 1.165) is 22.7 Å². The summed E-state index contributed by atoms with van der Waals surface area (Å²) in [6, 6.07) is 23.5. The van der Waals surface area contributed by atoms with E-state index >= 15 is 0 Å². The lowest BCUT2D eigenvalue weighted by Crippen LogP contribution is -2.43. The lowest BCUT2D eigenvalue weighted by Gasteiger charge is -2.38. The maximum atomic E-state index is 13.3. The number of nitrogens with one attached hydrogen (secondary N) is 1. The van der Waals surface area contributed by atoms with Crippen LogP contribution < -0.4 is 15.0 Å². The van der Waals surface area contributed by atoms with Crippen LogP contribution in [0.5, 0.6) is 5.75 Å². The number of nitrogens with zero attached hydrogens (tertiary/aromatic N) is 1. The fourth-order valence-corrected chi connectivity index (χ4v) is 3.69. The van der Waals surface area contributed by atoms with Gasteiger partial charge in [0.15, 0.2) is 0 Å². The predicted molar refractivity (Wildman–Crippen MR) is 111 cm³/mol. The molecule has 27 heavy (non-hydrogen) atoms. The largest absolute Gasteiger partial charge is 0.497 e. The summed E-state index contributed by atoms with van der Waals surface area (Å²) in [7, 11) is 1.63. The van der Waals surface area contributed by atoms with Gasteiger partial charge in [-0.2, -0.15) is 0 Å². The van der Waals surface area contributed by atoms with E-state index in [2.05, 4.69) is 35.8 Å². The first kappa shape index (κ1) is 17.5. The molecular weight excluding hydrogens is 356 g/mol. The number of methoxy groups -OCH3 is 1. The van der Waals surface area contributed by atoms with Crippen LogP contribution >= 0.6 is 11.8 Å². The summed E-state index contributed by atoms with van der Waals surface area (Å²) in [6.45, 7) is 0. The molecule has 4 nitrogen and oxygen atoms in total. The van der Waals surface area contributed by atoms with Crippen LogP contribution in [0.4, 0.5) is 11.4 Å². The first-order valence-corrected chi connectivity index (χ1v) is 9.91. The van der Waals surface area contributed by atoms with Crippen molar-refractivity contribution in [1.82, 2.24) is 0 Å². The molecule has 0 unspecified atom stereocenters. The van der Waals surface area contributed by atoms with Crippen molar-refractivity contribution in [3.63, 3.8) is 0 Å². The van der Waals surface area contributed by atoms with Gasteiger partial charge in [-0.15, -0.1) is 11.8 Å². The van der Waals surface area contributed by atoms with Crippen LogP contribution in [0.1, 0.15) is 22.1 Å². The Morgan fingerprint density at radius 3 is 2.33 bits per heavy atom. The summed E-state index contributed by atoms with van der Waals surface area (Å²) in [4.78, 5) is 16.3. The summed E-state index contributed by atoms with van der Waals surface area (Å²) in [5.74, 6) is 0.742. The van der Waals surface area contributed by atoms with Crippen molar-refractivity contribution in [1.29, 1.82) is 0 Å². The predicted octanol–water partition coefficient (Wildman–Crippen LogP) is 5.19. The SMILES string of the molecule is COc1ccc(N2C(=O)c3ccccc3N[C@H]2c2ccc(SC)cc2)cc1.